The van der Waals surface area contributed by atoms with E-state index in [1.807, 2.05) is 54.6 Å². The van der Waals surface area contributed by atoms with Crippen molar-refractivity contribution in [2.45, 2.75) is 38.4 Å². The predicted molar refractivity (Wildman–Crippen MR) is 107 cm³/mol. The van der Waals surface area contributed by atoms with Crippen LogP contribution in [0.4, 0.5) is 0 Å². The minimum Gasteiger partial charge on any atom is -0.494 e. The van der Waals surface area contributed by atoms with Crippen molar-refractivity contribution in [2.75, 3.05) is 19.8 Å². The lowest BCUT2D eigenvalue weighted by Gasteiger charge is -2.23. The molecule has 2 aromatic carbocycles. The topological polar surface area (TPSA) is 36.9 Å². The van der Waals surface area contributed by atoms with Crippen LogP contribution in [0.1, 0.15) is 37.7 Å². The molecule has 2 aromatic rings. The first-order valence-corrected chi connectivity index (χ1v) is 9.70. The lowest BCUT2D eigenvalue weighted by atomic mass is 10.2. The van der Waals surface area contributed by atoms with Crippen LogP contribution in [0, 0.1) is 0 Å². The van der Waals surface area contributed by atoms with E-state index in [-0.39, 0.29) is 6.29 Å². The van der Waals surface area contributed by atoms with Gasteiger partial charge in [0, 0.05) is 6.42 Å². The van der Waals surface area contributed by atoms with Crippen LogP contribution in [0.3, 0.4) is 0 Å². The summed E-state index contributed by atoms with van der Waals surface area (Å²) in [6.45, 7) is 5.89. The molecular formula is C23H28O4. The van der Waals surface area contributed by atoms with Gasteiger partial charge >= 0.3 is 0 Å². The molecule has 0 amide bonds. The molecular weight excluding hydrogens is 340 g/mol. The standard InChI is InChI=1S/C23H28O4/c1-2-19-8-10-20(11-9-19)24-16-5-6-17-25-21-12-14-22(15-13-21)27-23-7-3-4-18-26-23/h2,8-15,23H,1,3-7,16-18H2. The van der Waals surface area contributed by atoms with Crippen LogP contribution < -0.4 is 14.2 Å². The molecule has 144 valence electrons. The third kappa shape index (κ3) is 6.65. The summed E-state index contributed by atoms with van der Waals surface area (Å²) in [7, 11) is 0. The van der Waals surface area contributed by atoms with E-state index in [9.17, 15) is 0 Å². The second-order valence-corrected chi connectivity index (χ2v) is 6.56. The lowest BCUT2D eigenvalue weighted by Crippen LogP contribution is -2.24. The largest absolute Gasteiger partial charge is 0.494 e. The van der Waals surface area contributed by atoms with E-state index >= 15 is 0 Å². The van der Waals surface area contributed by atoms with Crippen LogP contribution in [0.5, 0.6) is 17.2 Å². The summed E-state index contributed by atoms with van der Waals surface area (Å²) in [5, 5.41) is 0. The van der Waals surface area contributed by atoms with Crippen molar-refractivity contribution in [3.63, 3.8) is 0 Å². The molecule has 1 unspecified atom stereocenters. The molecule has 3 rings (SSSR count). The van der Waals surface area contributed by atoms with Crippen molar-refractivity contribution in [3.8, 4) is 17.2 Å². The van der Waals surface area contributed by atoms with Gasteiger partial charge in [0.25, 0.3) is 0 Å². The second kappa shape index (κ2) is 10.6. The Hall–Kier alpha value is -2.46. The summed E-state index contributed by atoms with van der Waals surface area (Å²) in [5.74, 6) is 2.57. The molecule has 0 radical (unpaired) electrons. The van der Waals surface area contributed by atoms with Crippen molar-refractivity contribution >= 4 is 6.08 Å². The Morgan fingerprint density at radius 1 is 0.852 bits per heavy atom. The highest BCUT2D eigenvalue weighted by Crippen LogP contribution is 2.22. The average molecular weight is 368 g/mol. The molecule has 0 aromatic heterocycles. The highest BCUT2D eigenvalue weighted by Gasteiger charge is 2.14. The average Bonchev–Trinajstić information content (AvgIpc) is 2.73. The van der Waals surface area contributed by atoms with Gasteiger partial charge in [0.05, 0.1) is 19.8 Å². The van der Waals surface area contributed by atoms with Crippen molar-refractivity contribution in [3.05, 3.63) is 60.7 Å². The maximum atomic E-state index is 5.82. The summed E-state index contributed by atoms with van der Waals surface area (Å²) >= 11 is 0. The Bertz CT molecular complexity index is 673. The van der Waals surface area contributed by atoms with Crippen LogP contribution >= 0.6 is 0 Å². The molecule has 4 nitrogen and oxygen atoms in total. The number of hydrogen-bond donors (Lipinski definition) is 0. The lowest BCUT2D eigenvalue weighted by molar-refractivity contribution is -0.105. The quantitative estimate of drug-likeness (QED) is 0.521. The Morgan fingerprint density at radius 3 is 2.00 bits per heavy atom. The monoisotopic (exact) mass is 368 g/mol. The molecule has 0 bridgehead atoms. The highest BCUT2D eigenvalue weighted by molar-refractivity contribution is 5.48. The van der Waals surface area contributed by atoms with Gasteiger partial charge in [-0.2, -0.15) is 0 Å². The van der Waals surface area contributed by atoms with Gasteiger partial charge < -0.3 is 18.9 Å². The SMILES string of the molecule is C=Cc1ccc(OCCCCOc2ccc(OC3CCCCO3)cc2)cc1. The van der Waals surface area contributed by atoms with Gasteiger partial charge in [-0.05, 0) is 67.6 Å². The zero-order chi connectivity index (χ0) is 18.7. The molecule has 4 heteroatoms. The fourth-order valence-electron chi connectivity index (χ4n) is 2.85. The van der Waals surface area contributed by atoms with E-state index in [0.717, 1.165) is 61.5 Å². The van der Waals surface area contributed by atoms with Crippen molar-refractivity contribution in [1.82, 2.24) is 0 Å². The summed E-state index contributed by atoms with van der Waals surface area (Å²) < 4.78 is 22.9. The predicted octanol–water partition coefficient (Wildman–Crippen LogP) is 5.47. The van der Waals surface area contributed by atoms with Gasteiger partial charge in [-0.25, -0.2) is 0 Å². The van der Waals surface area contributed by atoms with Crippen LogP contribution in [-0.2, 0) is 4.74 Å². The molecule has 1 aliphatic heterocycles. The molecule has 0 aliphatic carbocycles. The zero-order valence-electron chi connectivity index (χ0n) is 15.8. The second-order valence-electron chi connectivity index (χ2n) is 6.56. The normalized spacial score (nSPS) is 16.5. The van der Waals surface area contributed by atoms with E-state index in [0.29, 0.717) is 13.2 Å². The maximum Gasteiger partial charge on any atom is 0.199 e. The number of rotatable bonds is 10. The minimum absolute atomic E-state index is 0.113. The van der Waals surface area contributed by atoms with E-state index in [1.165, 1.54) is 0 Å². The van der Waals surface area contributed by atoms with Crippen molar-refractivity contribution in [2.24, 2.45) is 0 Å². The van der Waals surface area contributed by atoms with Crippen LogP contribution in [0.25, 0.3) is 6.08 Å². The molecule has 1 fully saturated rings. The number of benzene rings is 2. The molecule has 1 aliphatic rings. The van der Waals surface area contributed by atoms with Gasteiger partial charge in [0.2, 0.25) is 0 Å². The van der Waals surface area contributed by atoms with E-state index in [4.69, 9.17) is 18.9 Å². The van der Waals surface area contributed by atoms with Crippen LogP contribution in [0.2, 0.25) is 0 Å². The number of ether oxygens (including phenoxy) is 4. The molecule has 27 heavy (non-hydrogen) atoms. The maximum absolute atomic E-state index is 5.82. The Balaban J connectivity index is 1.29. The Labute approximate surface area is 161 Å². The molecule has 0 spiro atoms. The first-order valence-electron chi connectivity index (χ1n) is 9.70. The molecule has 0 N–H and O–H groups in total. The molecule has 1 saturated heterocycles. The number of hydrogen-bond acceptors (Lipinski definition) is 4. The zero-order valence-corrected chi connectivity index (χ0v) is 15.8. The highest BCUT2D eigenvalue weighted by atomic mass is 16.7. The van der Waals surface area contributed by atoms with Gasteiger partial charge in [-0.1, -0.05) is 24.8 Å². The molecule has 1 atom stereocenters. The van der Waals surface area contributed by atoms with Gasteiger partial charge in [0.15, 0.2) is 6.29 Å². The van der Waals surface area contributed by atoms with Crippen LogP contribution in [-0.4, -0.2) is 26.1 Å². The Morgan fingerprint density at radius 2 is 1.44 bits per heavy atom. The van der Waals surface area contributed by atoms with Crippen molar-refractivity contribution < 1.29 is 18.9 Å². The first-order chi connectivity index (χ1) is 13.3. The van der Waals surface area contributed by atoms with Gasteiger partial charge in [0.1, 0.15) is 17.2 Å². The van der Waals surface area contributed by atoms with E-state index in [1.54, 1.807) is 0 Å². The summed E-state index contributed by atoms with van der Waals surface area (Å²) in [6, 6.07) is 15.7. The van der Waals surface area contributed by atoms with Crippen molar-refractivity contribution in [1.29, 1.82) is 0 Å². The Kier molecular flexibility index (Phi) is 7.60. The van der Waals surface area contributed by atoms with E-state index < -0.39 is 0 Å². The fraction of sp³-hybridized carbons (Fsp3) is 0.391. The summed E-state index contributed by atoms with van der Waals surface area (Å²) in [4.78, 5) is 0. The molecule has 1 heterocycles. The third-order valence-electron chi connectivity index (χ3n) is 4.42. The number of unbranched alkanes of at least 4 members (excludes halogenated alkanes) is 1. The summed E-state index contributed by atoms with van der Waals surface area (Å²) in [5.41, 5.74) is 1.10. The fourth-order valence-corrected chi connectivity index (χ4v) is 2.85. The van der Waals surface area contributed by atoms with E-state index in [2.05, 4.69) is 6.58 Å². The van der Waals surface area contributed by atoms with Gasteiger partial charge in [-0.15, -0.1) is 0 Å². The minimum atomic E-state index is -0.113. The third-order valence-corrected chi connectivity index (χ3v) is 4.42. The summed E-state index contributed by atoms with van der Waals surface area (Å²) in [6.07, 6.45) is 6.85. The molecule has 0 saturated carbocycles. The first kappa shape index (κ1) is 19.3. The van der Waals surface area contributed by atoms with Crippen LogP contribution in [0.15, 0.2) is 55.1 Å². The van der Waals surface area contributed by atoms with Gasteiger partial charge in [-0.3, -0.25) is 0 Å². The smallest absolute Gasteiger partial charge is 0.199 e.